The molecule has 4 nitrogen and oxygen atoms in total. The van der Waals surface area contributed by atoms with Gasteiger partial charge in [0.15, 0.2) is 10.3 Å². The van der Waals surface area contributed by atoms with Gasteiger partial charge in [-0.15, -0.1) is 0 Å². The van der Waals surface area contributed by atoms with Crippen molar-refractivity contribution in [2.45, 2.75) is 38.6 Å². The standard InChI is InChI=1S/C13H19ClN4S/c1-2-18(10-6-4-3-5-9(10)7-15)13-17-12(14)11(8-16)19-13/h9-10H,2-7,15H2,1H3. The van der Waals surface area contributed by atoms with Crippen LogP contribution in [-0.2, 0) is 0 Å². The second-order valence-electron chi connectivity index (χ2n) is 4.86. The molecule has 1 aliphatic carbocycles. The summed E-state index contributed by atoms with van der Waals surface area (Å²) in [5, 5.41) is 10.2. The maximum atomic E-state index is 8.99. The first-order chi connectivity index (χ1) is 9.21. The Morgan fingerprint density at radius 2 is 2.26 bits per heavy atom. The van der Waals surface area contributed by atoms with Gasteiger partial charge in [0, 0.05) is 12.6 Å². The average Bonchev–Trinajstić information content (AvgIpc) is 2.81. The second-order valence-corrected chi connectivity index (χ2v) is 6.20. The summed E-state index contributed by atoms with van der Waals surface area (Å²) in [6, 6.07) is 2.52. The molecule has 0 aliphatic heterocycles. The summed E-state index contributed by atoms with van der Waals surface area (Å²) < 4.78 is 0. The third-order valence-electron chi connectivity index (χ3n) is 3.83. The van der Waals surface area contributed by atoms with Gasteiger partial charge in [-0.25, -0.2) is 4.98 Å². The van der Waals surface area contributed by atoms with E-state index in [4.69, 9.17) is 22.6 Å². The SMILES string of the molecule is CCN(c1nc(Cl)c(C#N)s1)C1CCCCC1CN. The van der Waals surface area contributed by atoms with Gasteiger partial charge in [-0.2, -0.15) is 5.26 Å². The summed E-state index contributed by atoms with van der Waals surface area (Å²) in [4.78, 5) is 7.11. The van der Waals surface area contributed by atoms with E-state index in [1.807, 2.05) is 0 Å². The second kappa shape index (κ2) is 6.56. The molecule has 1 aromatic rings. The number of aromatic nitrogens is 1. The largest absolute Gasteiger partial charge is 0.345 e. The van der Waals surface area contributed by atoms with Crippen LogP contribution in [0.25, 0.3) is 0 Å². The molecule has 2 N–H and O–H groups in total. The quantitative estimate of drug-likeness (QED) is 0.928. The molecular formula is C13H19ClN4S. The predicted molar refractivity (Wildman–Crippen MR) is 79.7 cm³/mol. The van der Waals surface area contributed by atoms with Crippen molar-refractivity contribution >= 4 is 28.1 Å². The van der Waals surface area contributed by atoms with E-state index in [2.05, 4.69) is 22.9 Å². The van der Waals surface area contributed by atoms with Crippen LogP contribution in [0.2, 0.25) is 5.15 Å². The molecule has 0 saturated heterocycles. The Morgan fingerprint density at radius 1 is 1.53 bits per heavy atom. The molecule has 2 unspecified atom stereocenters. The number of nitrogens with two attached hydrogens (primary N) is 1. The number of rotatable bonds is 4. The zero-order chi connectivity index (χ0) is 13.8. The maximum Gasteiger partial charge on any atom is 0.188 e. The van der Waals surface area contributed by atoms with Gasteiger partial charge >= 0.3 is 0 Å². The molecule has 1 saturated carbocycles. The molecule has 0 aromatic carbocycles. The topological polar surface area (TPSA) is 65.9 Å². The molecule has 1 fully saturated rings. The fourth-order valence-electron chi connectivity index (χ4n) is 2.87. The Balaban J connectivity index is 2.25. The first-order valence-corrected chi connectivity index (χ1v) is 7.93. The number of hydrogen-bond donors (Lipinski definition) is 1. The van der Waals surface area contributed by atoms with Crippen LogP contribution in [0.5, 0.6) is 0 Å². The lowest BCUT2D eigenvalue weighted by atomic mass is 9.83. The lowest BCUT2D eigenvalue weighted by Gasteiger charge is -2.39. The van der Waals surface area contributed by atoms with E-state index in [1.165, 1.54) is 30.6 Å². The van der Waals surface area contributed by atoms with E-state index in [0.717, 1.165) is 18.1 Å². The maximum absolute atomic E-state index is 8.99. The van der Waals surface area contributed by atoms with E-state index >= 15 is 0 Å². The van der Waals surface area contributed by atoms with Gasteiger partial charge in [-0.1, -0.05) is 35.8 Å². The Hall–Kier alpha value is -0.830. The predicted octanol–water partition coefficient (Wildman–Crippen LogP) is 3.01. The highest BCUT2D eigenvalue weighted by molar-refractivity contribution is 7.16. The van der Waals surface area contributed by atoms with E-state index in [1.54, 1.807) is 0 Å². The highest BCUT2D eigenvalue weighted by Gasteiger charge is 2.30. The fourth-order valence-corrected chi connectivity index (χ4v) is 4.03. The number of anilines is 1. The van der Waals surface area contributed by atoms with Crippen molar-refractivity contribution in [3.8, 4) is 6.07 Å². The van der Waals surface area contributed by atoms with Crippen molar-refractivity contribution in [3.05, 3.63) is 10.0 Å². The zero-order valence-electron chi connectivity index (χ0n) is 11.1. The number of nitrogens with zero attached hydrogens (tertiary/aromatic N) is 3. The Kier molecular flexibility index (Phi) is 5.03. The zero-order valence-corrected chi connectivity index (χ0v) is 12.7. The van der Waals surface area contributed by atoms with Crippen molar-refractivity contribution in [2.75, 3.05) is 18.0 Å². The van der Waals surface area contributed by atoms with Crippen LogP contribution in [0.3, 0.4) is 0 Å². The van der Waals surface area contributed by atoms with Crippen molar-refractivity contribution in [2.24, 2.45) is 11.7 Å². The van der Waals surface area contributed by atoms with Crippen LogP contribution < -0.4 is 10.6 Å². The number of nitriles is 1. The molecule has 1 aromatic heterocycles. The Morgan fingerprint density at radius 3 is 2.84 bits per heavy atom. The molecule has 2 rings (SSSR count). The molecule has 0 radical (unpaired) electrons. The molecule has 19 heavy (non-hydrogen) atoms. The summed E-state index contributed by atoms with van der Waals surface area (Å²) in [5.74, 6) is 0.516. The molecule has 104 valence electrons. The van der Waals surface area contributed by atoms with Crippen LogP contribution in [0.1, 0.15) is 37.5 Å². The molecule has 0 amide bonds. The molecule has 0 spiro atoms. The van der Waals surface area contributed by atoms with Gasteiger partial charge in [0.25, 0.3) is 0 Å². The fraction of sp³-hybridized carbons (Fsp3) is 0.692. The third-order valence-corrected chi connectivity index (χ3v) is 5.22. The first kappa shape index (κ1) is 14.6. The number of hydrogen-bond acceptors (Lipinski definition) is 5. The van der Waals surface area contributed by atoms with Gasteiger partial charge < -0.3 is 10.6 Å². The minimum Gasteiger partial charge on any atom is -0.345 e. The highest BCUT2D eigenvalue weighted by Crippen LogP contribution is 2.35. The van der Waals surface area contributed by atoms with E-state index in [0.29, 0.717) is 28.5 Å². The lowest BCUT2D eigenvalue weighted by Crippen LogP contribution is -2.45. The molecule has 2 atom stereocenters. The number of halogens is 1. The average molecular weight is 299 g/mol. The van der Waals surface area contributed by atoms with Gasteiger partial charge in [0.05, 0.1) is 0 Å². The normalized spacial score (nSPS) is 23.1. The van der Waals surface area contributed by atoms with Gasteiger partial charge in [0.2, 0.25) is 0 Å². The molecule has 1 aliphatic rings. The third kappa shape index (κ3) is 3.02. The Bertz CT molecular complexity index is 468. The van der Waals surface area contributed by atoms with Crippen molar-refractivity contribution < 1.29 is 0 Å². The number of thiazole rings is 1. The van der Waals surface area contributed by atoms with Crippen LogP contribution in [-0.4, -0.2) is 24.1 Å². The minimum absolute atomic E-state index is 0.320. The van der Waals surface area contributed by atoms with Crippen molar-refractivity contribution in [1.82, 2.24) is 4.98 Å². The van der Waals surface area contributed by atoms with Gasteiger partial charge in [-0.05, 0) is 32.2 Å². The van der Waals surface area contributed by atoms with Crippen LogP contribution in [0, 0.1) is 17.2 Å². The molecular weight excluding hydrogens is 280 g/mol. The summed E-state index contributed by atoms with van der Waals surface area (Å²) in [5.41, 5.74) is 5.90. The van der Waals surface area contributed by atoms with Crippen LogP contribution in [0.4, 0.5) is 5.13 Å². The smallest absolute Gasteiger partial charge is 0.188 e. The molecule has 6 heteroatoms. The molecule has 1 heterocycles. The van der Waals surface area contributed by atoms with E-state index in [-0.39, 0.29) is 0 Å². The minimum atomic E-state index is 0.320. The lowest BCUT2D eigenvalue weighted by molar-refractivity contribution is 0.300. The van der Waals surface area contributed by atoms with Crippen LogP contribution in [0.15, 0.2) is 0 Å². The summed E-state index contributed by atoms with van der Waals surface area (Å²) in [6.45, 7) is 3.70. The van der Waals surface area contributed by atoms with Gasteiger partial charge in [-0.3, -0.25) is 0 Å². The van der Waals surface area contributed by atoms with Crippen molar-refractivity contribution in [1.29, 1.82) is 5.26 Å². The monoisotopic (exact) mass is 298 g/mol. The van der Waals surface area contributed by atoms with Gasteiger partial charge in [0.1, 0.15) is 10.9 Å². The summed E-state index contributed by atoms with van der Waals surface area (Å²) >= 11 is 7.36. The van der Waals surface area contributed by atoms with E-state index in [9.17, 15) is 0 Å². The Labute approximate surface area is 123 Å². The summed E-state index contributed by atoms with van der Waals surface area (Å²) in [7, 11) is 0. The summed E-state index contributed by atoms with van der Waals surface area (Å²) in [6.07, 6.45) is 4.83. The highest BCUT2D eigenvalue weighted by atomic mass is 35.5. The van der Waals surface area contributed by atoms with E-state index < -0.39 is 0 Å². The first-order valence-electron chi connectivity index (χ1n) is 6.74. The molecule has 0 bridgehead atoms. The van der Waals surface area contributed by atoms with Crippen molar-refractivity contribution in [3.63, 3.8) is 0 Å². The van der Waals surface area contributed by atoms with Crippen LogP contribution >= 0.6 is 22.9 Å².